The smallest absolute Gasteiger partial charge is 0.319 e. The van der Waals surface area contributed by atoms with Crippen LogP contribution < -0.4 is 15.4 Å². The van der Waals surface area contributed by atoms with Crippen LogP contribution in [0.15, 0.2) is 158 Å². The van der Waals surface area contributed by atoms with Gasteiger partial charge in [-0.05, 0) is 95.9 Å². The number of anilines is 1. The number of carbonyl (C=O) groups excluding carboxylic acids is 1. The molecule has 0 spiro atoms. The average molecular weight is 748 g/mol. The molecule has 1 fully saturated rings. The van der Waals surface area contributed by atoms with Crippen molar-refractivity contribution in [3.05, 3.63) is 186 Å². The van der Waals surface area contributed by atoms with Gasteiger partial charge in [0, 0.05) is 36.3 Å². The minimum Gasteiger partial charge on any atom is -0.457 e. The number of hydrogen-bond donors (Lipinski definition) is 3. The molecule has 56 heavy (non-hydrogen) atoms. The molecule has 8 nitrogen and oxygen atoms in total. The summed E-state index contributed by atoms with van der Waals surface area (Å²) < 4.78 is 19.5. The maximum atomic E-state index is 12.8. The second-order valence-corrected chi connectivity index (χ2v) is 14.4. The van der Waals surface area contributed by atoms with Gasteiger partial charge in [-0.15, -0.1) is 0 Å². The monoisotopic (exact) mass is 747 g/mol. The van der Waals surface area contributed by atoms with Gasteiger partial charge >= 0.3 is 6.03 Å². The van der Waals surface area contributed by atoms with E-state index in [1.807, 2.05) is 91.0 Å². The average Bonchev–Trinajstić information content (AvgIpc) is 3.25. The molecule has 1 aliphatic heterocycles. The Morgan fingerprint density at radius 2 is 1.39 bits per heavy atom. The Morgan fingerprint density at radius 1 is 0.732 bits per heavy atom. The fourth-order valence-electron chi connectivity index (χ4n) is 7.07. The van der Waals surface area contributed by atoms with Crippen LogP contribution in [-0.2, 0) is 22.6 Å². The molecule has 3 N–H and O–H groups in total. The van der Waals surface area contributed by atoms with Crippen molar-refractivity contribution in [3.8, 4) is 22.6 Å². The number of urea groups is 1. The quantitative estimate of drug-likeness (QED) is 0.109. The number of hydrogen-bond acceptors (Lipinski definition) is 6. The molecule has 1 saturated heterocycles. The molecule has 5 unspecified atom stereocenters. The third-order valence-electron chi connectivity index (χ3n) is 10.5. The van der Waals surface area contributed by atoms with Crippen molar-refractivity contribution in [1.82, 2.24) is 10.2 Å². The number of aliphatic hydroxyl groups is 1. The van der Waals surface area contributed by atoms with Gasteiger partial charge in [-0.2, -0.15) is 0 Å². The highest BCUT2D eigenvalue weighted by molar-refractivity contribution is 5.89. The van der Waals surface area contributed by atoms with Crippen molar-refractivity contribution >= 4 is 11.7 Å². The molecular weight excluding hydrogens is 699 g/mol. The predicted molar refractivity (Wildman–Crippen MR) is 221 cm³/mol. The number of ether oxygens (including phenoxy) is 3. The molecule has 0 aliphatic carbocycles. The zero-order chi connectivity index (χ0) is 38.9. The molecule has 0 bridgehead atoms. The Hall–Kier alpha value is -5.77. The highest BCUT2D eigenvalue weighted by Crippen LogP contribution is 2.43. The summed E-state index contributed by atoms with van der Waals surface area (Å²) in [5.41, 5.74) is 7.78. The van der Waals surface area contributed by atoms with E-state index in [1.54, 1.807) is 0 Å². The highest BCUT2D eigenvalue weighted by atomic mass is 16.7. The van der Waals surface area contributed by atoms with Crippen LogP contribution >= 0.6 is 0 Å². The summed E-state index contributed by atoms with van der Waals surface area (Å²) >= 11 is 0. The fraction of sp³-hybridized carbons (Fsp3) is 0.229. The van der Waals surface area contributed by atoms with Crippen molar-refractivity contribution in [2.24, 2.45) is 5.92 Å². The number of benzene rings is 6. The number of likely N-dealkylation sites (N-methyl/N-ethyl adjacent to an activating group) is 1. The largest absolute Gasteiger partial charge is 0.457 e. The zero-order valence-corrected chi connectivity index (χ0v) is 32.0. The topological polar surface area (TPSA) is 92.3 Å². The first kappa shape index (κ1) is 38.5. The van der Waals surface area contributed by atoms with Crippen LogP contribution in [0, 0.1) is 5.92 Å². The van der Waals surface area contributed by atoms with E-state index in [0.29, 0.717) is 18.0 Å². The van der Waals surface area contributed by atoms with Gasteiger partial charge in [-0.1, -0.05) is 116 Å². The van der Waals surface area contributed by atoms with Gasteiger partial charge in [0.25, 0.3) is 0 Å². The van der Waals surface area contributed by atoms with E-state index >= 15 is 0 Å². The number of aliphatic hydroxyl groups excluding tert-OH is 1. The van der Waals surface area contributed by atoms with E-state index in [-0.39, 0.29) is 36.8 Å². The Bertz CT molecular complexity index is 2160. The van der Waals surface area contributed by atoms with Crippen molar-refractivity contribution < 1.29 is 24.1 Å². The van der Waals surface area contributed by atoms with Crippen LogP contribution in [0.4, 0.5) is 10.5 Å². The summed E-state index contributed by atoms with van der Waals surface area (Å²) in [6.45, 7) is 5.49. The third-order valence-corrected chi connectivity index (χ3v) is 10.5. The van der Waals surface area contributed by atoms with Gasteiger partial charge in [0.15, 0.2) is 6.29 Å². The molecule has 0 saturated carbocycles. The fourth-order valence-corrected chi connectivity index (χ4v) is 7.07. The van der Waals surface area contributed by atoms with Crippen LogP contribution in [0.3, 0.4) is 0 Å². The second kappa shape index (κ2) is 18.2. The van der Waals surface area contributed by atoms with Crippen molar-refractivity contribution in [2.75, 3.05) is 18.9 Å². The Balaban J connectivity index is 1.03. The van der Waals surface area contributed by atoms with Gasteiger partial charge in [-0.25, -0.2) is 4.79 Å². The molecule has 5 atom stereocenters. The summed E-state index contributed by atoms with van der Waals surface area (Å²) in [7, 11) is 2.15. The standard InChI is InChI=1S/C48H49N3O5/c1-33-45(31-51(3)34(2)37-13-6-4-7-14-37)55-47(56-46(33)38-22-20-35(32-52)21-23-38)41-17-11-16-40(29-41)39-15-10-12-36(28-39)30-49-48(53)50-42-24-26-44(27-25-42)54-43-18-8-5-9-19-43/h4-29,33-34,45-47,52H,30-32H2,1-3H3,(H2,49,50,53). The van der Waals surface area contributed by atoms with Crippen molar-refractivity contribution in [1.29, 1.82) is 0 Å². The molecule has 0 radical (unpaired) electrons. The molecule has 6 aromatic rings. The minimum absolute atomic E-state index is 0.00434. The first-order chi connectivity index (χ1) is 27.3. The predicted octanol–water partition coefficient (Wildman–Crippen LogP) is 10.4. The van der Waals surface area contributed by atoms with E-state index < -0.39 is 6.29 Å². The van der Waals surface area contributed by atoms with Crippen LogP contribution in [0.2, 0.25) is 0 Å². The van der Waals surface area contributed by atoms with Crippen molar-refractivity contribution in [2.45, 2.75) is 51.5 Å². The lowest BCUT2D eigenvalue weighted by molar-refractivity contribution is -0.276. The summed E-state index contributed by atoms with van der Waals surface area (Å²) in [6.07, 6.45) is -0.916. The molecule has 1 heterocycles. The van der Waals surface area contributed by atoms with Crippen LogP contribution in [-0.4, -0.2) is 35.7 Å². The van der Waals surface area contributed by atoms with Crippen LogP contribution in [0.25, 0.3) is 11.1 Å². The van der Waals surface area contributed by atoms with Gasteiger partial charge in [0.2, 0.25) is 0 Å². The number of nitrogens with one attached hydrogen (secondary N) is 2. The van der Waals surface area contributed by atoms with Gasteiger partial charge < -0.3 is 30.0 Å². The first-order valence-corrected chi connectivity index (χ1v) is 19.2. The lowest BCUT2D eigenvalue weighted by atomic mass is 9.89. The summed E-state index contributed by atoms with van der Waals surface area (Å²) in [4.78, 5) is 15.2. The number of rotatable bonds is 13. The van der Waals surface area contributed by atoms with Gasteiger partial charge in [-0.3, -0.25) is 4.90 Å². The van der Waals surface area contributed by atoms with E-state index in [0.717, 1.165) is 45.7 Å². The molecule has 7 rings (SSSR count). The summed E-state index contributed by atoms with van der Waals surface area (Å²) in [5.74, 6) is 1.50. The van der Waals surface area contributed by atoms with E-state index in [1.165, 1.54) is 5.56 Å². The second-order valence-electron chi connectivity index (χ2n) is 14.4. The molecule has 6 aromatic carbocycles. The molecule has 1 aliphatic rings. The van der Waals surface area contributed by atoms with Crippen LogP contribution in [0.1, 0.15) is 60.1 Å². The van der Waals surface area contributed by atoms with E-state index in [2.05, 4.69) is 103 Å². The lowest BCUT2D eigenvalue weighted by Gasteiger charge is -2.43. The number of nitrogens with zero attached hydrogens (tertiary/aromatic N) is 1. The molecule has 8 heteroatoms. The number of para-hydroxylation sites is 1. The summed E-state index contributed by atoms with van der Waals surface area (Å²) in [5, 5.41) is 15.6. The normalized spacial score (nSPS) is 18.6. The maximum absolute atomic E-state index is 12.8. The third kappa shape index (κ3) is 9.72. The molecule has 0 aromatic heterocycles. The van der Waals surface area contributed by atoms with Crippen molar-refractivity contribution in [3.63, 3.8) is 0 Å². The van der Waals surface area contributed by atoms with Crippen LogP contribution in [0.5, 0.6) is 11.5 Å². The van der Waals surface area contributed by atoms with Gasteiger partial charge in [0.1, 0.15) is 11.5 Å². The van der Waals surface area contributed by atoms with Gasteiger partial charge in [0.05, 0.1) is 18.8 Å². The molecular formula is C48H49N3O5. The molecule has 2 amide bonds. The van der Waals surface area contributed by atoms with E-state index in [4.69, 9.17) is 14.2 Å². The van der Waals surface area contributed by atoms with E-state index in [9.17, 15) is 9.90 Å². The number of carbonyl (C=O) groups is 1. The zero-order valence-electron chi connectivity index (χ0n) is 32.0. The minimum atomic E-state index is -0.591. The lowest BCUT2D eigenvalue weighted by Crippen LogP contribution is -2.44. The Morgan fingerprint density at radius 3 is 2.11 bits per heavy atom. The highest BCUT2D eigenvalue weighted by Gasteiger charge is 2.39. The maximum Gasteiger partial charge on any atom is 0.319 e. The Labute approximate surface area is 329 Å². The SMILES string of the molecule is CC1C(CN(C)C(C)c2ccccc2)OC(c2cccc(-c3cccc(CNC(=O)Nc4ccc(Oc5ccccc5)cc4)c3)c2)OC1c1ccc(CO)cc1. The Kier molecular flexibility index (Phi) is 12.5. The molecule has 286 valence electrons. The summed E-state index contributed by atoms with van der Waals surface area (Å²) in [6, 6.07) is 51.8. The first-order valence-electron chi connectivity index (χ1n) is 19.2. The number of amides is 2.